The minimum Gasteiger partial charge on any atom is -0.387 e. The summed E-state index contributed by atoms with van der Waals surface area (Å²) in [6.45, 7) is 4.09. The molecule has 1 aliphatic heterocycles. The van der Waals surface area contributed by atoms with Crippen molar-refractivity contribution >= 4 is 59.1 Å². The number of amides is 10. The molecule has 0 fully saturated rings. The van der Waals surface area contributed by atoms with Gasteiger partial charge in [-0.25, -0.2) is 8.78 Å². The van der Waals surface area contributed by atoms with Crippen molar-refractivity contribution in [3.8, 4) is 11.1 Å². The van der Waals surface area contributed by atoms with Crippen molar-refractivity contribution in [1.82, 2.24) is 41.0 Å². The average Bonchev–Trinajstić information content (AvgIpc) is 3.82. The second-order valence-electron chi connectivity index (χ2n) is 17.1. The molecule has 4 unspecified atom stereocenters. The van der Waals surface area contributed by atoms with E-state index in [1.54, 1.807) is 37.6 Å². The minimum atomic E-state index is -1.76. The third-order valence-corrected chi connectivity index (χ3v) is 10.6. The Balaban J connectivity index is 1.70. The monoisotopic (exact) mass is 962 g/mol. The van der Waals surface area contributed by atoms with Gasteiger partial charge in [0.1, 0.15) is 42.9 Å². The Morgan fingerprint density at radius 2 is 1.43 bits per heavy atom. The molecule has 4 atom stereocenters. The number of aliphatic hydroxyl groups is 1. The number of hydrogen-bond donors (Lipinski definition) is 8. The molecule has 0 aliphatic carbocycles. The number of nitrogens with two attached hydrogens (primary N) is 2. The minimum absolute atomic E-state index is 0.0701. The summed E-state index contributed by atoms with van der Waals surface area (Å²) >= 11 is 0. The molecule has 370 valence electrons. The number of rotatable bonds is 24. The second kappa shape index (κ2) is 24.3. The topological polar surface area (TPSA) is 315 Å². The lowest BCUT2D eigenvalue weighted by atomic mass is 9.82. The van der Waals surface area contributed by atoms with Crippen molar-refractivity contribution in [3.63, 3.8) is 0 Å². The number of carbonyl (C=O) groups is 10. The van der Waals surface area contributed by atoms with E-state index in [9.17, 15) is 57.4 Å². The zero-order valence-electron chi connectivity index (χ0n) is 38.4. The second-order valence-corrected chi connectivity index (χ2v) is 17.1. The van der Waals surface area contributed by atoms with Crippen LogP contribution in [0.3, 0.4) is 0 Å². The highest BCUT2D eigenvalue weighted by molar-refractivity contribution is 6.14. The lowest BCUT2D eigenvalue weighted by Crippen LogP contribution is -2.56. The van der Waals surface area contributed by atoms with Crippen LogP contribution < -0.4 is 38.1 Å². The summed E-state index contributed by atoms with van der Waals surface area (Å²) in [5.41, 5.74) is 11.2. The van der Waals surface area contributed by atoms with E-state index >= 15 is 4.39 Å². The van der Waals surface area contributed by atoms with Gasteiger partial charge in [0.25, 0.3) is 11.8 Å². The fourth-order valence-electron chi connectivity index (χ4n) is 7.52. The molecule has 21 nitrogen and oxygen atoms in total. The summed E-state index contributed by atoms with van der Waals surface area (Å²) in [6.07, 6.45) is 1.62. The van der Waals surface area contributed by atoms with Gasteiger partial charge in [0.05, 0.1) is 18.9 Å². The van der Waals surface area contributed by atoms with Crippen molar-refractivity contribution in [2.45, 2.75) is 77.7 Å². The molecule has 1 aliphatic rings. The molecule has 0 radical (unpaired) electrons. The van der Waals surface area contributed by atoms with E-state index in [0.717, 1.165) is 42.8 Å². The number of nitrogens with one attached hydrogen (secondary N) is 5. The van der Waals surface area contributed by atoms with E-state index in [-0.39, 0.29) is 37.3 Å². The molecule has 2 heterocycles. The SMILES string of the molecule is CC(=O)NC(CC(=O)NC(CC(N)=O)C(=O)NC(CCN(C(=O)CO)C(c1cc(-c2cc(F)ccc2F)cn1Cc1ccccc1)C(C)(C)C)C(=O)NCCNC(=O)CN1C(=O)C=CC1=O)C(N)=O. The van der Waals surface area contributed by atoms with Crippen LogP contribution >= 0.6 is 0 Å². The number of carbonyl (C=O) groups excluding carboxylic acids is 10. The number of primary amides is 2. The van der Waals surface area contributed by atoms with Crippen molar-refractivity contribution in [3.05, 3.63) is 95.8 Å². The maximum absolute atomic E-state index is 15.3. The Kier molecular flexibility index (Phi) is 18.9. The van der Waals surface area contributed by atoms with Crippen LogP contribution in [0.25, 0.3) is 11.1 Å². The molecular formula is C46H56F2N10O11. The van der Waals surface area contributed by atoms with Crippen molar-refractivity contribution in [2.75, 3.05) is 32.8 Å². The third-order valence-electron chi connectivity index (χ3n) is 10.6. The van der Waals surface area contributed by atoms with E-state index in [2.05, 4.69) is 26.6 Å². The van der Waals surface area contributed by atoms with Gasteiger partial charge in [0.2, 0.25) is 47.3 Å². The van der Waals surface area contributed by atoms with Crippen LogP contribution in [0.2, 0.25) is 0 Å². The maximum atomic E-state index is 15.3. The van der Waals surface area contributed by atoms with Gasteiger partial charge in [-0.3, -0.25) is 52.8 Å². The Morgan fingerprint density at radius 3 is 2.03 bits per heavy atom. The predicted molar refractivity (Wildman–Crippen MR) is 242 cm³/mol. The van der Waals surface area contributed by atoms with Crippen LogP contribution in [-0.2, 0) is 54.5 Å². The first-order valence-electron chi connectivity index (χ1n) is 21.6. The van der Waals surface area contributed by atoms with Gasteiger partial charge in [0.15, 0.2) is 0 Å². The highest BCUT2D eigenvalue weighted by atomic mass is 19.1. The van der Waals surface area contributed by atoms with Crippen LogP contribution in [-0.4, -0.2) is 129 Å². The van der Waals surface area contributed by atoms with Crippen LogP contribution in [0.1, 0.15) is 64.3 Å². The van der Waals surface area contributed by atoms with Crippen LogP contribution in [0.5, 0.6) is 0 Å². The quantitative estimate of drug-likeness (QED) is 0.0405. The van der Waals surface area contributed by atoms with Gasteiger partial charge in [-0.15, -0.1) is 0 Å². The van der Waals surface area contributed by atoms with Gasteiger partial charge in [0, 0.05) is 68.3 Å². The van der Waals surface area contributed by atoms with Crippen molar-refractivity contribution < 1.29 is 61.8 Å². The van der Waals surface area contributed by atoms with Crippen molar-refractivity contribution in [2.24, 2.45) is 16.9 Å². The summed E-state index contributed by atoms with van der Waals surface area (Å²) in [4.78, 5) is 129. The van der Waals surface area contributed by atoms with Crippen LogP contribution in [0.4, 0.5) is 8.78 Å². The molecule has 0 bridgehead atoms. The normalized spacial score (nSPS) is 14.0. The molecule has 0 saturated heterocycles. The number of nitrogens with zero attached hydrogens (tertiary/aromatic N) is 3. The van der Waals surface area contributed by atoms with Crippen LogP contribution in [0, 0.1) is 17.0 Å². The Morgan fingerprint density at radius 1 is 0.783 bits per heavy atom. The molecular weight excluding hydrogens is 907 g/mol. The van der Waals surface area contributed by atoms with Gasteiger partial charge in [-0.1, -0.05) is 51.1 Å². The highest BCUT2D eigenvalue weighted by Crippen LogP contribution is 2.41. The average molecular weight is 963 g/mol. The highest BCUT2D eigenvalue weighted by Gasteiger charge is 2.38. The zero-order valence-corrected chi connectivity index (χ0v) is 38.4. The van der Waals surface area contributed by atoms with E-state index in [4.69, 9.17) is 11.5 Å². The molecule has 0 spiro atoms. The number of benzene rings is 2. The molecule has 10 N–H and O–H groups in total. The standard InChI is InChI=1S/C46H56F2N10O11/c1-26(60)53-33(43(50)67)21-37(62)54-34(20-36(49)61)45(69)55-32(44(68)52-16-15-51-38(63)24-58-39(64)12-13-40(58)65)14-17-57(41(66)25-59)42(46(2,3)4)35-18-28(30-19-29(47)10-11-31(30)48)23-56(35)22-27-8-6-5-7-9-27/h5-13,18-19,23,32-34,42,59H,14-17,20-22,24-25H2,1-4H3,(H2,49,61)(H2,50,67)(H,51,63)(H,52,68)(H,53,60)(H,54,62)(H,55,69). The first kappa shape index (κ1) is 53.8. The smallest absolute Gasteiger partial charge is 0.254 e. The maximum Gasteiger partial charge on any atom is 0.254 e. The van der Waals surface area contributed by atoms with Gasteiger partial charge >= 0.3 is 0 Å². The molecule has 0 saturated carbocycles. The zero-order chi connectivity index (χ0) is 51.2. The summed E-state index contributed by atoms with van der Waals surface area (Å²) in [7, 11) is 0. The van der Waals surface area contributed by atoms with E-state index in [1.165, 1.54) is 4.90 Å². The first-order valence-corrected chi connectivity index (χ1v) is 21.6. The first-order chi connectivity index (χ1) is 32.5. The molecule has 3 aromatic rings. The Bertz CT molecular complexity index is 2460. The molecule has 1 aromatic heterocycles. The fraction of sp³-hybridized carbons (Fsp3) is 0.391. The summed E-state index contributed by atoms with van der Waals surface area (Å²) in [6, 6.07) is 7.83. The largest absolute Gasteiger partial charge is 0.387 e. The summed E-state index contributed by atoms with van der Waals surface area (Å²) in [5, 5.41) is 22.3. The predicted octanol–water partition coefficient (Wildman–Crippen LogP) is -0.838. The molecule has 2 aromatic carbocycles. The third kappa shape index (κ3) is 15.6. The number of aliphatic hydroxyl groups excluding tert-OH is 1. The summed E-state index contributed by atoms with van der Waals surface area (Å²) < 4.78 is 31.6. The van der Waals surface area contributed by atoms with Crippen LogP contribution in [0.15, 0.2) is 72.9 Å². The Hall–Kier alpha value is -7.82. The van der Waals surface area contributed by atoms with E-state index < -0.39 is 133 Å². The molecule has 4 rings (SSSR count). The van der Waals surface area contributed by atoms with Crippen molar-refractivity contribution in [1.29, 1.82) is 0 Å². The van der Waals surface area contributed by atoms with E-state index in [1.807, 2.05) is 30.3 Å². The van der Waals surface area contributed by atoms with Gasteiger partial charge < -0.3 is 52.6 Å². The number of imide groups is 1. The summed E-state index contributed by atoms with van der Waals surface area (Å²) in [5.74, 6) is -10.3. The van der Waals surface area contributed by atoms with Gasteiger partial charge in [-0.05, 0) is 41.7 Å². The Labute approximate surface area is 395 Å². The molecule has 23 heteroatoms. The number of halogens is 2. The molecule has 10 amide bonds. The fourth-order valence-corrected chi connectivity index (χ4v) is 7.52. The van der Waals surface area contributed by atoms with Gasteiger partial charge in [-0.2, -0.15) is 0 Å². The number of aromatic nitrogens is 1. The molecule has 69 heavy (non-hydrogen) atoms. The van der Waals surface area contributed by atoms with E-state index in [0.29, 0.717) is 10.6 Å². The number of hydrogen-bond acceptors (Lipinski definition) is 11. The lowest BCUT2D eigenvalue weighted by Gasteiger charge is -2.41. The lowest BCUT2D eigenvalue weighted by molar-refractivity contribution is -0.141.